The highest BCUT2D eigenvalue weighted by Gasteiger charge is 2.17. The molecule has 31 heavy (non-hydrogen) atoms. The van der Waals surface area contributed by atoms with E-state index in [1.807, 2.05) is 0 Å². The highest BCUT2D eigenvalue weighted by molar-refractivity contribution is 6.29. The standard InChI is InChI=1S/C30H20O/c1-17-11-27-29(25-15-21-9-5-3-7-19(21)13-23(17)25)30-26-16-22-10-6-4-8-20(22)14-24(26)18(2)12-28(30)31-27/h3-16H,1-2H3. The van der Waals surface area contributed by atoms with Gasteiger partial charge < -0.3 is 4.42 Å². The van der Waals surface area contributed by atoms with Crippen LogP contribution in [-0.2, 0) is 0 Å². The topological polar surface area (TPSA) is 13.1 Å². The van der Waals surface area contributed by atoms with E-state index in [0.717, 1.165) is 11.2 Å². The lowest BCUT2D eigenvalue weighted by atomic mass is 9.93. The summed E-state index contributed by atoms with van der Waals surface area (Å²) in [5.41, 5.74) is 4.43. The van der Waals surface area contributed by atoms with Gasteiger partial charge in [0.2, 0.25) is 0 Å². The van der Waals surface area contributed by atoms with Crippen molar-refractivity contribution < 1.29 is 4.42 Å². The zero-order chi connectivity index (χ0) is 20.7. The van der Waals surface area contributed by atoms with Crippen LogP contribution in [0.2, 0.25) is 0 Å². The molecule has 146 valence electrons. The summed E-state index contributed by atoms with van der Waals surface area (Å²) in [5, 5.41) is 12.6. The molecule has 7 aromatic rings. The van der Waals surface area contributed by atoms with E-state index in [9.17, 15) is 0 Å². The van der Waals surface area contributed by atoms with E-state index >= 15 is 0 Å². The number of rotatable bonds is 0. The fraction of sp³-hybridized carbons (Fsp3) is 0.0667. The quantitative estimate of drug-likeness (QED) is 0.233. The maximum absolute atomic E-state index is 6.45. The lowest BCUT2D eigenvalue weighted by Gasteiger charge is -2.09. The molecule has 7 rings (SSSR count). The minimum Gasteiger partial charge on any atom is -0.456 e. The first-order chi connectivity index (χ1) is 15.2. The van der Waals surface area contributed by atoms with Crippen LogP contribution in [0.15, 0.2) is 89.3 Å². The number of benzene rings is 6. The zero-order valence-corrected chi connectivity index (χ0v) is 17.5. The smallest absolute Gasteiger partial charge is 0.136 e. The molecular formula is C30H20O. The molecule has 0 unspecified atom stereocenters. The van der Waals surface area contributed by atoms with E-state index < -0.39 is 0 Å². The monoisotopic (exact) mass is 396 g/mol. The van der Waals surface area contributed by atoms with E-state index in [1.54, 1.807) is 0 Å². The van der Waals surface area contributed by atoms with E-state index in [1.165, 1.54) is 65.0 Å². The van der Waals surface area contributed by atoms with Gasteiger partial charge in [0, 0.05) is 10.8 Å². The molecule has 0 aliphatic heterocycles. The molecule has 0 atom stereocenters. The second kappa shape index (κ2) is 5.86. The van der Waals surface area contributed by atoms with Gasteiger partial charge in [-0.05, 0) is 104 Å². The van der Waals surface area contributed by atoms with Gasteiger partial charge in [0.25, 0.3) is 0 Å². The predicted octanol–water partition coefficient (Wildman–Crippen LogP) is 8.82. The third-order valence-corrected chi connectivity index (χ3v) is 6.82. The Balaban J connectivity index is 1.78. The molecule has 0 aliphatic rings. The first-order valence-electron chi connectivity index (χ1n) is 10.8. The summed E-state index contributed by atoms with van der Waals surface area (Å²) in [4.78, 5) is 0. The second-order valence-corrected chi connectivity index (χ2v) is 8.73. The molecule has 0 fully saturated rings. The molecule has 1 nitrogen and oxygen atoms in total. The number of hydrogen-bond acceptors (Lipinski definition) is 1. The maximum Gasteiger partial charge on any atom is 0.136 e. The molecule has 1 aromatic heterocycles. The minimum absolute atomic E-state index is 0.968. The van der Waals surface area contributed by atoms with Crippen LogP contribution >= 0.6 is 0 Å². The van der Waals surface area contributed by atoms with Crippen LogP contribution in [-0.4, -0.2) is 0 Å². The van der Waals surface area contributed by atoms with E-state index in [4.69, 9.17) is 4.42 Å². The van der Waals surface area contributed by atoms with Crippen molar-refractivity contribution in [1.29, 1.82) is 0 Å². The number of hydrogen-bond donors (Lipinski definition) is 0. The van der Waals surface area contributed by atoms with Gasteiger partial charge in [0.15, 0.2) is 0 Å². The summed E-state index contributed by atoms with van der Waals surface area (Å²) < 4.78 is 6.45. The summed E-state index contributed by atoms with van der Waals surface area (Å²) in [7, 11) is 0. The van der Waals surface area contributed by atoms with Crippen molar-refractivity contribution in [2.24, 2.45) is 0 Å². The first-order valence-corrected chi connectivity index (χ1v) is 10.8. The van der Waals surface area contributed by atoms with E-state index in [0.29, 0.717) is 0 Å². The Hall–Kier alpha value is -3.84. The normalized spacial score (nSPS) is 12.2. The van der Waals surface area contributed by atoms with Gasteiger partial charge in [0.05, 0.1) is 0 Å². The summed E-state index contributed by atoms with van der Waals surface area (Å²) in [6, 6.07) is 30.9. The maximum atomic E-state index is 6.45. The highest BCUT2D eigenvalue weighted by Crippen LogP contribution is 2.42. The van der Waals surface area contributed by atoms with Crippen LogP contribution in [0.1, 0.15) is 11.1 Å². The van der Waals surface area contributed by atoms with Crippen molar-refractivity contribution in [2.75, 3.05) is 0 Å². The zero-order valence-electron chi connectivity index (χ0n) is 17.5. The van der Waals surface area contributed by atoms with Crippen molar-refractivity contribution in [2.45, 2.75) is 13.8 Å². The molecule has 0 spiro atoms. The van der Waals surface area contributed by atoms with Crippen molar-refractivity contribution in [3.05, 3.63) is 96.1 Å². The molecule has 6 aromatic carbocycles. The van der Waals surface area contributed by atoms with Crippen LogP contribution in [0, 0.1) is 13.8 Å². The van der Waals surface area contributed by atoms with Gasteiger partial charge in [-0.2, -0.15) is 0 Å². The lowest BCUT2D eigenvalue weighted by Crippen LogP contribution is -1.84. The predicted molar refractivity (Wildman–Crippen MR) is 133 cm³/mol. The summed E-state index contributed by atoms with van der Waals surface area (Å²) >= 11 is 0. The Morgan fingerprint density at radius 3 is 1.19 bits per heavy atom. The first kappa shape index (κ1) is 16.9. The van der Waals surface area contributed by atoms with Crippen LogP contribution in [0.4, 0.5) is 0 Å². The van der Waals surface area contributed by atoms with Crippen LogP contribution in [0.3, 0.4) is 0 Å². The largest absolute Gasteiger partial charge is 0.456 e. The molecule has 0 saturated heterocycles. The Kier molecular flexibility index (Phi) is 3.20. The number of fused-ring (bicyclic) bond motifs is 9. The number of aryl methyl sites for hydroxylation is 2. The fourth-order valence-electron chi connectivity index (χ4n) is 5.30. The van der Waals surface area contributed by atoms with Crippen LogP contribution in [0.5, 0.6) is 0 Å². The van der Waals surface area contributed by atoms with Crippen molar-refractivity contribution in [3.8, 4) is 0 Å². The van der Waals surface area contributed by atoms with Gasteiger partial charge in [-0.1, -0.05) is 48.5 Å². The SMILES string of the molecule is Cc1cc2oc3cc(C)c4cc5ccccc5cc4c3c2c2cc3ccccc3cc12. The second-order valence-electron chi connectivity index (χ2n) is 8.73. The molecule has 0 aliphatic carbocycles. The van der Waals surface area contributed by atoms with Crippen molar-refractivity contribution in [1.82, 2.24) is 0 Å². The van der Waals surface area contributed by atoms with E-state index in [-0.39, 0.29) is 0 Å². The molecular weight excluding hydrogens is 376 g/mol. The van der Waals surface area contributed by atoms with Crippen LogP contribution in [0.25, 0.3) is 65.0 Å². The van der Waals surface area contributed by atoms with Gasteiger partial charge in [-0.3, -0.25) is 0 Å². The fourth-order valence-corrected chi connectivity index (χ4v) is 5.30. The molecule has 1 heterocycles. The van der Waals surface area contributed by atoms with E-state index in [2.05, 4.69) is 98.8 Å². The summed E-state index contributed by atoms with van der Waals surface area (Å²) in [6.45, 7) is 4.36. The van der Waals surface area contributed by atoms with Gasteiger partial charge in [-0.25, -0.2) is 0 Å². The third-order valence-electron chi connectivity index (χ3n) is 6.82. The average Bonchev–Trinajstić information content (AvgIpc) is 3.15. The Bertz CT molecular complexity index is 1710. The van der Waals surface area contributed by atoms with Gasteiger partial charge in [-0.15, -0.1) is 0 Å². The summed E-state index contributed by atoms with van der Waals surface area (Å²) in [6.07, 6.45) is 0. The van der Waals surface area contributed by atoms with Gasteiger partial charge >= 0.3 is 0 Å². The molecule has 0 saturated carbocycles. The Labute approximate surface area is 179 Å². The number of furan rings is 1. The summed E-state index contributed by atoms with van der Waals surface area (Å²) in [5.74, 6) is 0. The van der Waals surface area contributed by atoms with Gasteiger partial charge in [0.1, 0.15) is 11.2 Å². The molecule has 1 heteroatoms. The third kappa shape index (κ3) is 2.26. The Morgan fingerprint density at radius 2 is 0.806 bits per heavy atom. The Morgan fingerprint density at radius 1 is 0.452 bits per heavy atom. The van der Waals surface area contributed by atoms with Crippen LogP contribution < -0.4 is 0 Å². The van der Waals surface area contributed by atoms with Crippen molar-refractivity contribution in [3.63, 3.8) is 0 Å². The molecule has 0 amide bonds. The molecule has 0 N–H and O–H groups in total. The highest BCUT2D eigenvalue weighted by atomic mass is 16.3. The van der Waals surface area contributed by atoms with Crippen molar-refractivity contribution >= 4 is 65.0 Å². The minimum atomic E-state index is 0.968. The molecule has 0 radical (unpaired) electrons. The lowest BCUT2D eigenvalue weighted by molar-refractivity contribution is 0.669. The average molecular weight is 396 g/mol. The molecule has 0 bridgehead atoms.